The van der Waals surface area contributed by atoms with Crippen molar-refractivity contribution in [3.63, 3.8) is 0 Å². The van der Waals surface area contributed by atoms with Crippen molar-refractivity contribution < 1.29 is 14.3 Å². The van der Waals surface area contributed by atoms with Crippen LogP contribution in [-0.4, -0.2) is 55.5 Å². The number of ether oxygens (including phenoxy) is 2. The molecule has 0 radical (unpaired) electrons. The van der Waals surface area contributed by atoms with E-state index in [1.807, 2.05) is 60.4 Å². The molecule has 0 saturated carbocycles. The molecule has 0 aliphatic carbocycles. The van der Waals surface area contributed by atoms with Crippen LogP contribution in [0.25, 0.3) is 0 Å². The van der Waals surface area contributed by atoms with Crippen LogP contribution < -0.4 is 4.74 Å². The van der Waals surface area contributed by atoms with Gasteiger partial charge in [0.05, 0.1) is 19.8 Å². The molecular formula is C22H28N2O3. The highest BCUT2D eigenvalue weighted by Gasteiger charge is 2.21. The third-order valence-electron chi connectivity index (χ3n) is 4.77. The van der Waals surface area contributed by atoms with E-state index in [1.54, 1.807) is 0 Å². The minimum absolute atomic E-state index is 0.0791. The van der Waals surface area contributed by atoms with Gasteiger partial charge in [0.2, 0.25) is 0 Å². The molecule has 2 aromatic rings. The van der Waals surface area contributed by atoms with E-state index in [4.69, 9.17) is 9.47 Å². The van der Waals surface area contributed by atoms with Gasteiger partial charge < -0.3 is 19.3 Å². The number of hydrogen-bond donors (Lipinski definition) is 0. The molecule has 0 atom stereocenters. The van der Waals surface area contributed by atoms with Crippen LogP contribution in [0, 0.1) is 0 Å². The van der Waals surface area contributed by atoms with Gasteiger partial charge in [0, 0.05) is 37.3 Å². The molecule has 2 aromatic carbocycles. The summed E-state index contributed by atoms with van der Waals surface area (Å²) in [6, 6.07) is 15.7. The number of benzene rings is 2. The van der Waals surface area contributed by atoms with Gasteiger partial charge in [-0.15, -0.1) is 0 Å². The molecule has 1 amide bonds. The van der Waals surface area contributed by atoms with Gasteiger partial charge in [0.25, 0.3) is 5.91 Å². The molecule has 144 valence electrons. The van der Waals surface area contributed by atoms with E-state index in [9.17, 15) is 4.79 Å². The molecule has 1 aliphatic rings. The number of carbonyl (C=O) groups excluding carboxylic acids is 1. The first kappa shape index (κ1) is 19.4. The maximum Gasteiger partial charge on any atom is 0.253 e. The quantitative estimate of drug-likeness (QED) is 0.753. The average Bonchev–Trinajstić information content (AvgIpc) is 2.70. The fourth-order valence-electron chi connectivity index (χ4n) is 3.17. The normalized spacial score (nSPS) is 15.0. The first-order valence-corrected chi connectivity index (χ1v) is 9.52. The highest BCUT2D eigenvalue weighted by atomic mass is 16.5. The lowest BCUT2D eigenvalue weighted by atomic mass is 10.1. The van der Waals surface area contributed by atoms with Crippen LogP contribution in [0.4, 0.5) is 0 Å². The molecule has 0 aromatic heterocycles. The molecule has 1 heterocycles. The van der Waals surface area contributed by atoms with E-state index >= 15 is 0 Å². The number of nitrogens with zero attached hydrogens (tertiary/aromatic N) is 2. The van der Waals surface area contributed by atoms with Gasteiger partial charge in [-0.05, 0) is 37.7 Å². The Labute approximate surface area is 161 Å². The second-order valence-electron chi connectivity index (χ2n) is 6.83. The summed E-state index contributed by atoms with van der Waals surface area (Å²) in [5, 5.41) is 0. The first-order chi connectivity index (χ1) is 13.2. The highest BCUT2D eigenvalue weighted by Crippen LogP contribution is 2.23. The summed E-state index contributed by atoms with van der Waals surface area (Å²) >= 11 is 0. The minimum atomic E-state index is 0.0791. The molecule has 0 N–H and O–H groups in total. The van der Waals surface area contributed by atoms with Crippen LogP contribution in [-0.2, 0) is 18.0 Å². The van der Waals surface area contributed by atoms with Gasteiger partial charge in [0.1, 0.15) is 5.75 Å². The zero-order valence-electron chi connectivity index (χ0n) is 16.2. The Morgan fingerprint density at radius 3 is 2.44 bits per heavy atom. The van der Waals surface area contributed by atoms with E-state index in [2.05, 4.69) is 11.9 Å². The molecule has 5 heteroatoms. The van der Waals surface area contributed by atoms with Crippen LogP contribution in [0.5, 0.6) is 5.75 Å². The summed E-state index contributed by atoms with van der Waals surface area (Å²) in [7, 11) is 2.08. The van der Waals surface area contributed by atoms with Crippen molar-refractivity contribution in [2.75, 3.05) is 39.8 Å². The van der Waals surface area contributed by atoms with Crippen LogP contribution in [0.15, 0.2) is 48.5 Å². The van der Waals surface area contributed by atoms with Crippen molar-refractivity contribution in [3.05, 3.63) is 65.2 Å². The molecule has 1 aliphatic heterocycles. The molecule has 1 saturated heterocycles. The molecule has 0 spiro atoms. The zero-order valence-corrected chi connectivity index (χ0v) is 16.2. The van der Waals surface area contributed by atoms with Crippen molar-refractivity contribution >= 4 is 5.91 Å². The molecule has 0 unspecified atom stereocenters. The zero-order chi connectivity index (χ0) is 19.1. The standard InChI is InChI=1S/C22H28N2O3/c1-3-27-21-10-9-19(22(25)24-13-11-23(2)12-14-24)15-20(21)17-26-16-18-7-5-4-6-8-18/h4-10,15H,3,11-14,16-17H2,1-2H3. The molecule has 0 bridgehead atoms. The van der Waals surface area contributed by atoms with Crippen LogP contribution in [0.1, 0.15) is 28.4 Å². The Balaban J connectivity index is 1.69. The van der Waals surface area contributed by atoms with Crippen molar-refractivity contribution in [2.45, 2.75) is 20.1 Å². The first-order valence-electron chi connectivity index (χ1n) is 9.52. The van der Waals surface area contributed by atoms with E-state index in [-0.39, 0.29) is 5.91 Å². The Morgan fingerprint density at radius 1 is 1.00 bits per heavy atom. The predicted octanol–water partition coefficient (Wildman–Crippen LogP) is 3.19. The lowest BCUT2D eigenvalue weighted by Gasteiger charge is -2.32. The van der Waals surface area contributed by atoms with Gasteiger partial charge in [-0.3, -0.25) is 4.79 Å². The van der Waals surface area contributed by atoms with Crippen molar-refractivity contribution in [1.29, 1.82) is 0 Å². The Hall–Kier alpha value is -2.37. The number of carbonyl (C=O) groups is 1. The minimum Gasteiger partial charge on any atom is -0.494 e. The van der Waals surface area contributed by atoms with Crippen molar-refractivity contribution in [2.24, 2.45) is 0 Å². The summed E-state index contributed by atoms with van der Waals surface area (Å²) in [4.78, 5) is 17.0. The van der Waals surface area contributed by atoms with Gasteiger partial charge in [0.15, 0.2) is 0 Å². The van der Waals surface area contributed by atoms with E-state index in [1.165, 1.54) is 0 Å². The third-order valence-corrected chi connectivity index (χ3v) is 4.77. The predicted molar refractivity (Wildman–Crippen MR) is 106 cm³/mol. The van der Waals surface area contributed by atoms with Crippen LogP contribution in [0.2, 0.25) is 0 Å². The smallest absolute Gasteiger partial charge is 0.253 e. The monoisotopic (exact) mass is 368 g/mol. The van der Waals surface area contributed by atoms with Gasteiger partial charge in [-0.2, -0.15) is 0 Å². The highest BCUT2D eigenvalue weighted by molar-refractivity contribution is 5.94. The van der Waals surface area contributed by atoms with Gasteiger partial charge in [-0.1, -0.05) is 30.3 Å². The summed E-state index contributed by atoms with van der Waals surface area (Å²) in [6.45, 7) is 6.84. The maximum absolute atomic E-state index is 12.8. The maximum atomic E-state index is 12.8. The summed E-state index contributed by atoms with van der Waals surface area (Å²) in [5.74, 6) is 0.857. The molecular weight excluding hydrogens is 340 g/mol. The second kappa shape index (κ2) is 9.53. The van der Waals surface area contributed by atoms with Gasteiger partial charge in [-0.25, -0.2) is 0 Å². The fourth-order valence-corrected chi connectivity index (χ4v) is 3.17. The Kier molecular flexibility index (Phi) is 6.85. The van der Waals surface area contributed by atoms with E-state index in [0.717, 1.165) is 43.1 Å². The SMILES string of the molecule is CCOc1ccc(C(=O)N2CCN(C)CC2)cc1COCc1ccccc1. The molecule has 3 rings (SSSR count). The third kappa shape index (κ3) is 5.31. The number of amides is 1. The number of piperazine rings is 1. The van der Waals surface area contributed by atoms with Crippen molar-refractivity contribution in [3.8, 4) is 5.75 Å². The Bertz CT molecular complexity index is 740. The van der Waals surface area contributed by atoms with Crippen LogP contribution in [0.3, 0.4) is 0 Å². The lowest BCUT2D eigenvalue weighted by Crippen LogP contribution is -2.47. The topological polar surface area (TPSA) is 42.0 Å². The van der Waals surface area contributed by atoms with E-state index in [0.29, 0.717) is 25.4 Å². The summed E-state index contributed by atoms with van der Waals surface area (Å²) in [6.07, 6.45) is 0. The Morgan fingerprint density at radius 2 is 1.74 bits per heavy atom. The second-order valence-corrected chi connectivity index (χ2v) is 6.83. The summed E-state index contributed by atoms with van der Waals surface area (Å²) < 4.78 is 11.6. The van der Waals surface area contributed by atoms with Crippen molar-refractivity contribution in [1.82, 2.24) is 9.80 Å². The molecule has 27 heavy (non-hydrogen) atoms. The number of rotatable bonds is 7. The summed E-state index contributed by atoms with van der Waals surface area (Å²) in [5.41, 5.74) is 2.73. The number of likely N-dealkylation sites (N-methyl/N-ethyl adjacent to an activating group) is 1. The molecule has 5 nitrogen and oxygen atoms in total. The lowest BCUT2D eigenvalue weighted by molar-refractivity contribution is 0.0663. The van der Waals surface area contributed by atoms with Crippen LogP contribution >= 0.6 is 0 Å². The average molecular weight is 368 g/mol. The largest absolute Gasteiger partial charge is 0.494 e. The number of hydrogen-bond acceptors (Lipinski definition) is 4. The molecule has 1 fully saturated rings. The van der Waals surface area contributed by atoms with Gasteiger partial charge >= 0.3 is 0 Å². The fraction of sp³-hybridized carbons (Fsp3) is 0.409. The van der Waals surface area contributed by atoms with E-state index < -0.39 is 0 Å².